The Balaban J connectivity index is 2.37. The fraction of sp³-hybridized carbons (Fsp3) is 0.118. The van der Waals surface area contributed by atoms with Gasteiger partial charge >= 0.3 is 0 Å². The molecular weight excluding hydrogens is 307 g/mol. The lowest BCUT2D eigenvalue weighted by Gasteiger charge is -2.21. The molecule has 0 radical (unpaired) electrons. The molecule has 1 aromatic carbocycles. The van der Waals surface area contributed by atoms with Crippen molar-refractivity contribution in [2.75, 3.05) is 24.3 Å². The molecule has 0 bridgehead atoms. The number of nitrogens with one attached hydrogen (secondary N) is 1. The van der Waals surface area contributed by atoms with Crippen LogP contribution < -0.4 is 10.2 Å². The maximum Gasteiger partial charge on any atom is 0.257 e. The first-order valence-electron chi connectivity index (χ1n) is 7.30. The summed E-state index contributed by atoms with van der Waals surface area (Å²) in [5.74, 6) is 0.627. The zero-order valence-corrected chi connectivity index (χ0v) is 13.5. The highest BCUT2D eigenvalue weighted by molar-refractivity contribution is 5.94. The number of hydrogen-bond acceptors (Lipinski definition) is 5. The molecule has 0 aliphatic carbocycles. The Bertz CT molecular complexity index is 972. The molecule has 0 amide bonds. The normalized spacial score (nSPS) is 11.7. The Labute approximate surface area is 138 Å². The van der Waals surface area contributed by atoms with Crippen LogP contribution >= 0.6 is 0 Å². The highest BCUT2D eigenvalue weighted by atomic mass is 19.1. The van der Waals surface area contributed by atoms with Crippen LogP contribution in [0.4, 0.5) is 15.9 Å². The summed E-state index contributed by atoms with van der Waals surface area (Å²) in [5.41, 5.74) is 1.92. The number of rotatable bonds is 5. The van der Waals surface area contributed by atoms with Gasteiger partial charge in [-0.05, 0) is 24.3 Å². The van der Waals surface area contributed by atoms with Crippen LogP contribution in [0.1, 0.15) is 0 Å². The molecule has 0 aliphatic heterocycles. The van der Waals surface area contributed by atoms with E-state index in [0.29, 0.717) is 22.7 Å². The molecule has 7 heteroatoms. The average Bonchev–Trinajstić information content (AvgIpc) is 3.06. The van der Waals surface area contributed by atoms with E-state index in [2.05, 4.69) is 33.7 Å². The molecule has 0 saturated carbocycles. The van der Waals surface area contributed by atoms with Crippen molar-refractivity contribution in [3.8, 4) is 0 Å². The summed E-state index contributed by atoms with van der Waals surface area (Å²) >= 11 is 0. The van der Waals surface area contributed by atoms with Crippen molar-refractivity contribution in [1.29, 1.82) is 0 Å². The van der Waals surface area contributed by atoms with Crippen LogP contribution in [0.3, 0.4) is 0 Å². The number of halogens is 1. The molecule has 3 rings (SSSR count). The van der Waals surface area contributed by atoms with Gasteiger partial charge in [-0.3, -0.25) is 4.40 Å². The van der Waals surface area contributed by atoms with E-state index in [1.807, 2.05) is 11.9 Å². The van der Waals surface area contributed by atoms with Crippen molar-refractivity contribution in [3.05, 3.63) is 61.4 Å². The van der Waals surface area contributed by atoms with Gasteiger partial charge in [0.1, 0.15) is 18.0 Å². The number of fused-ring (bicyclic) bond motifs is 3. The summed E-state index contributed by atoms with van der Waals surface area (Å²) in [4.78, 5) is 6.33. The number of benzene rings is 1. The number of likely N-dealkylation sites (N-methyl/N-ethyl adjacent to an activating group) is 1. The Morgan fingerprint density at radius 1 is 1.38 bits per heavy atom. The predicted molar refractivity (Wildman–Crippen MR) is 94.7 cm³/mol. The van der Waals surface area contributed by atoms with E-state index in [1.54, 1.807) is 42.1 Å². The van der Waals surface area contributed by atoms with E-state index >= 15 is 0 Å². The van der Waals surface area contributed by atoms with Crippen molar-refractivity contribution in [1.82, 2.24) is 19.6 Å². The van der Waals surface area contributed by atoms with Gasteiger partial charge in [-0.1, -0.05) is 19.2 Å². The van der Waals surface area contributed by atoms with E-state index in [1.165, 1.54) is 6.07 Å². The van der Waals surface area contributed by atoms with Gasteiger partial charge in [-0.15, -0.1) is 10.2 Å². The standard InChI is InChI=1S/C17H17FN6/c1-5-7-11(6-2)23(4)16-12-8-13(18)14(19-3)9-15(12)24-10-20-22-17(24)21-16/h5-10,19H,1-2H2,3-4H3/b11-7+. The predicted octanol–water partition coefficient (Wildman–Crippen LogP) is 3.15. The Hall–Kier alpha value is -3.22. The Morgan fingerprint density at radius 2 is 2.17 bits per heavy atom. The zero-order chi connectivity index (χ0) is 17.3. The van der Waals surface area contributed by atoms with Crippen LogP contribution in [0.5, 0.6) is 0 Å². The van der Waals surface area contributed by atoms with Gasteiger partial charge in [-0.25, -0.2) is 4.39 Å². The fourth-order valence-corrected chi connectivity index (χ4v) is 2.58. The third-order valence-corrected chi connectivity index (χ3v) is 3.79. The van der Waals surface area contributed by atoms with Crippen LogP contribution in [-0.4, -0.2) is 33.7 Å². The van der Waals surface area contributed by atoms with Crippen LogP contribution in [0, 0.1) is 5.82 Å². The molecule has 0 unspecified atom stereocenters. The van der Waals surface area contributed by atoms with E-state index in [-0.39, 0.29) is 5.82 Å². The fourth-order valence-electron chi connectivity index (χ4n) is 2.58. The Kier molecular flexibility index (Phi) is 3.99. The van der Waals surface area contributed by atoms with Crippen molar-refractivity contribution < 1.29 is 4.39 Å². The summed E-state index contributed by atoms with van der Waals surface area (Å²) in [6, 6.07) is 3.17. The molecule has 1 N–H and O–H groups in total. The molecular formula is C17H17FN6. The number of anilines is 2. The van der Waals surface area contributed by atoms with Crippen molar-refractivity contribution in [2.45, 2.75) is 0 Å². The molecule has 3 aromatic rings. The van der Waals surface area contributed by atoms with Gasteiger partial charge in [0.2, 0.25) is 0 Å². The minimum Gasteiger partial charge on any atom is -0.386 e. The SMILES string of the molecule is C=C/C=C(\C=C)N(C)c1nc2nncn2c2cc(NC)c(F)cc12. The van der Waals surface area contributed by atoms with Crippen molar-refractivity contribution >= 4 is 28.2 Å². The lowest BCUT2D eigenvalue weighted by molar-refractivity contribution is 0.633. The maximum atomic E-state index is 14.3. The average molecular weight is 324 g/mol. The van der Waals surface area contributed by atoms with Crippen molar-refractivity contribution in [2.24, 2.45) is 0 Å². The number of hydrogen-bond donors (Lipinski definition) is 1. The van der Waals surface area contributed by atoms with E-state index in [9.17, 15) is 4.39 Å². The van der Waals surface area contributed by atoms with Crippen LogP contribution in [-0.2, 0) is 0 Å². The number of nitrogens with zero attached hydrogens (tertiary/aromatic N) is 5. The molecule has 0 atom stereocenters. The second-order valence-electron chi connectivity index (χ2n) is 5.13. The molecule has 0 spiro atoms. The Morgan fingerprint density at radius 3 is 2.83 bits per heavy atom. The molecule has 6 nitrogen and oxygen atoms in total. The number of aromatic nitrogens is 4. The minimum absolute atomic E-state index is 0.360. The first kappa shape index (κ1) is 15.7. The second kappa shape index (κ2) is 6.11. The van der Waals surface area contributed by atoms with Crippen molar-refractivity contribution in [3.63, 3.8) is 0 Å². The van der Waals surface area contributed by atoms with Gasteiger partial charge in [0.05, 0.1) is 11.2 Å². The highest BCUT2D eigenvalue weighted by Gasteiger charge is 2.17. The summed E-state index contributed by atoms with van der Waals surface area (Å²) in [5, 5.41) is 11.4. The number of allylic oxidation sites excluding steroid dienone is 3. The van der Waals surface area contributed by atoms with Crippen LogP contribution in [0.2, 0.25) is 0 Å². The molecule has 122 valence electrons. The third kappa shape index (κ3) is 2.40. The smallest absolute Gasteiger partial charge is 0.257 e. The molecule has 0 fully saturated rings. The molecule has 0 aliphatic rings. The quantitative estimate of drug-likeness (QED) is 0.731. The first-order chi connectivity index (χ1) is 11.6. The molecule has 24 heavy (non-hydrogen) atoms. The van der Waals surface area contributed by atoms with Gasteiger partial charge in [0.25, 0.3) is 5.78 Å². The summed E-state index contributed by atoms with van der Waals surface area (Å²) in [7, 11) is 3.50. The van der Waals surface area contributed by atoms with Gasteiger partial charge in [0, 0.05) is 25.2 Å². The maximum absolute atomic E-state index is 14.3. The topological polar surface area (TPSA) is 58.4 Å². The molecule has 2 heterocycles. The lowest BCUT2D eigenvalue weighted by atomic mass is 10.2. The summed E-state index contributed by atoms with van der Waals surface area (Å²) in [6.45, 7) is 7.50. The van der Waals surface area contributed by atoms with Gasteiger partial charge in [-0.2, -0.15) is 4.98 Å². The highest BCUT2D eigenvalue weighted by Crippen LogP contribution is 2.31. The molecule has 2 aromatic heterocycles. The minimum atomic E-state index is -0.360. The summed E-state index contributed by atoms with van der Waals surface area (Å²) in [6.07, 6.45) is 6.69. The summed E-state index contributed by atoms with van der Waals surface area (Å²) < 4.78 is 16.0. The van der Waals surface area contributed by atoms with E-state index in [4.69, 9.17) is 0 Å². The molecule has 0 saturated heterocycles. The third-order valence-electron chi connectivity index (χ3n) is 3.79. The monoisotopic (exact) mass is 324 g/mol. The van der Waals surface area contributed by atoms with E-state index in [0.717, 1.165) is 11.2 Å². The van der Waals surface area contributed by atoms with Gasteiger partial charge < -0.3 is 10.2 Å². The van der Waals surface area contributed by atoms with Gasteiger partial charge in [0.15, 0.2) is 0 Å². The first-order valence-corrected chi connectivity index (χ1v) is 7.30. The second-order valence-corrected chi connectivity index (χ2v) is 5.13. The largest absolute Gasteiger partial charge is 0.386 e. The van der Waals surface area contributed by atoms with Crippen LogP contribution in [0.15, 0.2) is 55.5 Å². The van der Waals surface area contributed by atoms with E-state index < -0.39 is 0 Å². The zero-order valence-electron chi connectivity index (χ0n) is 13.5. The van der Waals surface area contributed by atoms with Crippen LogP contribution in [0.25, 0.3) is 16.7 Å². The lowest BCUT2D eigenvalue weighted by Crippen LogP contribution is -2.17.